The van der Waals surface area contributed by atoms with Gasteiger partial charge in [-0.15, -0.1) is 0 Å². The van der Waals surface area contributed by atoms with E-state index in [9.17, 15) is 0 Å². The van der Waals surface area contributed by atoms with Crippen LogP contribution in [0.3, 0.4) is 0 Å². The lowest BCUT2D eigenvalue weighted by Gasteiger charge is -2.04. The Kier molecular flexibility index (Phi) is 4.94. The summed E-state index contributed by atoms with van der Waals surface area (Å²) in [5, 5.41) is 14.7. The highest BCUT2D eigenvalue weighted by Gasteiger charge is 1.95. The predicted octanol–water partition coefficient (Wildman–Crippen LogP) is 0.695. The van der Waals surface area contributed by atoms with Crippen LogP contribution in [-0.4, -0.2) is 36.5 Å². The number of aliphatic hydroxyl groups is 1. The summed E-state index contributed by atoms with van der Waals surface area (Å²) in [5.41, 5.74) is 0. The first-order chi connectivity index (χ1) is 4.66. The van der Waals surface area contributed by atoms with Crippen molar-refractivity contribution in [1.82, 2.24) is 5.01 Å². The molecule has 0 aromatic rings. The van der Waals surface area contributed by atoms with Crippen molar-refractivity contribution in [2.75, 3.05) is 14.1 Å². The molecule has 0 heterocycles. The monoisotopic (exact) mass is 144 g/mol. The second kappa shape index (κ2) is 5.23. The molecule has 0 saturated heterocycles. The first-order valence-corrected chi connectivity index (χ1v) is 3.54. The van der Waals surface area contributed by atoms with E-state index in [4.69, 9.17) is 5.11 Å². The van der Waals surface area contributed by atoms with Gasteiger partial charge in [0.1, 0.15) is 0 Å². The molecule has 0 aliphatic carbocycles. The summed E-state index contributed by atoms with van der Waals surface area (Å²) >= 11 is 0. The molecule has 0 aliphatic heterocycles. The second-order valence-electron chi connectivity index (χ2n) is 2.44. The Balaban J connectivity index is 3.33. The van der Waals surface area contributed by atoms with Crippen molar-refractivity contribution in [3.63, 3.8) is 0 Å². The Morgan fingerprint density at radius 2 is 2.20 bits per heavy atom. The van der Waals surface area contributed by atoms with Gasteiger partial charge in [0.15, 0.2) is 0 Å². The zero-order valence-corrected chi connectivity index (χ0v) is 6.91. The van der Waals surface area contributed by atoms with Gasteiger partial charge in [0, 0.05) is 26.7 Å². The van der Waals surface area contributed by atoms with Crippen LogP contribution in [0, 0.1) is 0 Å². The molecule has 3 nitrogen and oxygen atoms in total. The van der Waals surface area contributed by atoms with Crippen molar-refractivity contribution in [2.45, 2.75) is 25.9 Å². The van der Waals surface area contributed by atoms with Crippen LogP contribution in [0.4, 0.5) is 0 Å². The van der Waals surface area contributed by atoms with Gasteiger partial charge >= 0.3 is 0 Å². The van der Waals surface area contributed by atoms with E-state index in [0.29, 0.717) is 6.42 Å². The third-order valence-electron chi connectivity index (χ3n) is 1.16. The maximum Gasteiger partial charge on any atom is 0.0587 e. The fraction of sp³-hybridized carbons (Fsp3) is 0.857. The van der Waals surface area contributed by atoms with Crippen molar-refractivity contribution < 1.29 is 5.11 Å². The van der Waals surface area contributed by atoms with Crippen molar-refractivity contribution in [1.29, 1.82) is 0 Å². The van der Waals surface area contributed by atoms with E-state index >= 15 is 0 Å². The second-order valence-corrected chi connectivity index (χ2v) is 2.44. The van der Waals surface area contributed by atoms with Crippen molar-refractivity contribution in [2.24, 2.45) is 5.10 Å². The number of aliphatic hydroxyl groups excluding tert-OH is 1. The summed E-state index contributed by atoms with van der Waals surface area (Å²) in [6, 6.07) is 0. The number of hydrogen-bond donors (Lipinski definition) is 1. The van der Waals surface area contributed by atoms with Crippen molar-refractivity contribution >= 4 is 6.21 Å². The summed E-state index contributed by atoms with van der Waals surface area (Å²) < 4.78 is 0. The average Bonchev–Trinajstić information content (AvgIpc) is 1.87. The molecule has 0 unspecified atom stereocenters. The highest BCUT2D eigenvalue weighted by molar-refractivity contribution is 5.57. The Labute approximate surface area is 62.3 Å². The Morgan fingerprint density at radius 3 is 2.60 bits per heavy atom. The SMILES string of the molecule is CC[C@H](O)C/C=N/N(C)C. The molecule has 0 saturated carbocycles. The van der Waals surface area contributed by atoms with Crippen LogP contribution in [0.25, 0.3) is 0 Å². The molecular weight excluding hydrogens is 128 g/mol. The van der Waals surface area contributed by atoms with E-state index in [1.807, 2.05) is 21.0 Å². The van der Waals surface area contributed by atoms with Crippen molar-refractivity contribution in [3.8, 4) is 0 Å². The molecule has 0 aromatic heterocycles. The van der Waals surface area contributed by atoms with Crippen LogP contribution in [0.1, 0.15) is 19.8 Å². The van der Waals surface area contributed by atoms with Crippen LogP contribution in [-0.2, 0) is 0 Å². The Morgan fingerprint density at radius 1 is 1.60 bits per heavy atom. The topological polar surface area (TPSA) is 35.8 Å². The highest BCUT2D eigenvalue weighted by atomic mass is 16.3. The number of nitrogens with zero attached hydrogens (tertiary/aromatic N) is 2. The minimum atomic E-state index is -0.233. The molecule has 1 N–H and O–H groups in total. The molecule has 0 radical (unpaired) electrons. The average molecular weight is 144 g/mol. The highest BCUT2D eigenvalue weighted by Crippen LogP contribution is 1.92. The summed E-state index contributed by atoms with van der Waals surface area (Å²) in [6.07, 6.45) is 2.94. The van der Waals surface area contributed by atoms with Gasteiger partial charge in [0.05, 0.1) is 6.10 Å². The molecule has 0 aliphatic rings. The first-order valence-electron chi connectivity index (χ1n) is 3.54. The van der Waals surface area contributed by atoms with Gasteiger partial charge in [-0.2, -0.15) is 5.10 Å². The van der Waals surface area contributed by atoms with E-state index < -0.39 is 0 Å². The molecule has 0 fully saturated rings. The van der Waals surface area contributed by atoms with Gasteiger partial charge in [0.2, 0.25) is 0 Å². The summed E-state index contributed by atoms with van der Waals surface area (Å²) in [6.45, 7) is 1.95. The number of rotatable bonds is 4. The fourth-order valence-corrected chi connectivity index (χ4v) is 0.499. The third-order valence-corrected chi connectivity index (χ3v) is 1.16. The molecule has 10 heavy (non-hydrogen) atoms. The maximum absolute atomic E-state index is 9.06. The van der Waals surface area contributed by atoms with E-state index in [2.05, 4.69) is 5.10 Å². The largest absolute Gasteiger partial charge is 0.393 e. The molecule has 0 rings (SSSR count). The smallest absolute Gasteiger partial charge is 0.0587 e. The van der Waals surface area contributed by atoms with Gasteiger partial charge in [-0.05, 0) is 6.42 Å². The lowest BCUT2D eigenvalue weighted by atomic mass is 10.2. The molecular formula is C7H16N2O. The zero-order valence-electron chi connectivity index (χ0n) is 6.91. The van der Waals surface area contributed by atoms with Gasteiger partial charge in [0.25, 0.3) is 0 Å². The van der Waals surface area contributed by atoms with E-state index in [-0.39, 0.29) is 6.10 Å². The van der Waals surface area contributed by atoms with Gasteiger partial charge in [-0.25, -0.2) is 0 Å². The Bertz CT molecular complexity index is 102. The quantitative estimate of drug-likeness (QED) is 0.465. The molecule has 60 valence electrons. The zero-order chi connectivity index (χ0) is 7.98. The molecule has 3 heteroatoms. The molecule has 0 amide bonds. The summed E-state index contributed by atoms with van der Waals surface area (Å²) in [5.74, 6) is 0. The summed E-state index contributed by atoms with van der Waals surface area (Å²) in [7, 11) is 3.71. The number of hydrazone groups is 1. The maximum atomic E-state index is 9.06. The molecule has 0 spiro atoms. The van der Waals surface area contributed by atoms with Crippen molar-refractivity contribution in [3.05, 3.63) is 0 Å². The summed E-state index contributed by atoms with van der Waals surface area (Å²) in [4.78, 5) is 0. The molecule has 1 atom stereocenters. The molecule has 0 aromatic carbocycles. The van der Waals surface area contributed by atoms with E-state index in [1.54, 1.807) is 11.2 Å². The normalized spacial score (nSPS) is 14.0. The predicted molar refractivity (Wildman–Crippen MR) is 43.1 cm³/mol. The third kappa shape index (κ3) is 5.56. The van der Waals surface area contributed by atoms with Crippen LogP contribution >= 0.6 is 0 Å². The van der Waals surface area contributed by atoms with E-state index in [1.165, 1.54) is 0 Å². The minimum Gasteiger partial charge on any atom is -0.393 e. The van der Waals surface area contributed by atoms with Gasteiger partial charge in [-0.1, -0.05) is 6.92 Å². The van der Waals surface area contributed by atoms with Gasteiger partial charge in [-0.3, -0.25) is 0 Å². The van der Waals surface area contributed by atoms with E-state index in [0.717, 1.165) is 6.42 Å². The minimum absolute atomic E-state index is 0.233. The van der Waals surface area contributed by atoms with Crippen LogP contribution in [0.2, 0.25) is 0 Å². The number of hydrogen-bond acceptors (Lipinski definition) is 3. The Hall–Kier alpha value is -0.570. The lowest BCUT2D eigenvalue weighted by molar-refractivity contribution is 0.179. The lowest BCUT2D eigenvalue weighted by Crippen LogP contribution is -2.07. The van der Waals surface area contributed by atoms with Gasteiger partial charge < -0.3 is 10.1 Å². The fourth-order valence-electron chi connectivity index (χ4n) is 0.499. The first kappa shape index (κ1) is 9.43. The standard InChI is InChI=1S/C7H16N2O/c1-4-7(10)5-6-8-9(2)3/h6-7,10H,4-5H2,1-3H3/b8-6+/t7-/m0/s1. The van der Waals surface area contributed by atoms with Crippen LogP contribution < -0.4 is 0 Å². The van der Waals surface area contributed by atoms with Crippen LogP contribution in [0.15, 0.2) is 5.10 Å². The van der Waals surface area contributed by atoms with Crippen LogP contribution in [0.5, 0.6) is 0 Å². The molecule has 0 bridgehead atoms.